The number of rotatable bonds is 10. The summed E-state index contributed by atoms with van der Waals surface area (Å²) < 4.78 is 32.9. The number of nitrogens with zero attached hydrogens (tertiary/aromatic N) is 5. The smallest absolute Gasteiger partial charge is 0.320 e. The monoisotopic (exact) mass is 506 g/mol. The van der Waals surface area contributed by atoms with Crippen LogP contribution >= 0.6 is 0 Å². The van der Waals surface area contributed by atoms with Crippen molar-refractivity contribution in [3.63, 3.8) is 0 Å². The van der Waals surface area contributed by atoms with Crippen LogP contribution in [0.1, 0.15) is 24.0 Å². The molecule has 5 rings (SSSR count). The second-order valence-electron chi connectivity index (χ2n) is 9.08. The Labute approximate surface area is 215 Å². The van der Waals surface area contributed by atoms with Gasteiger partial charge in [-0.1, -0.05) is 36.4 Å². The van der Waals surface area contributed by atoms with Crippen molar-refractivity contribution < 1.29 is 18.6 Å². The predicted octanol–water partition coefficient (Wildman–Crippen LogP) is 3.89. The normalized spacial score (nSPS) is 13.9. The molecule has 37 heavy (non-hydrogen) atoms. The van der Waals surface area contributed by atoms with Crippen molar-refractivity contribution in [1.29, 1.82) is 0 Å². The minimum Gasteiger partial charge on any atom is -0.468 e. The highest BCUT2D eigenvalue weighted by atomic mass is 19.1. The summed E-state index contributed by atoms with van der Waals surface area (Å²) in [4.78, 5) is 15.4. The van der Waals surface area contributed by atoms with Gasteiger partial charge in [-0.2, -0.15) is 15.0 Å². The molecule has 0 atom stereocenters. The van der Waals surface area contributed by atoms with Gasteiger partial charge in [0, 0.05) is 19.2 Å². The first-order chi connectivity index (χ1) is 18.1. The predicted molar refractivity (Wildman–Crippen MR) is 139 cm³/mol. The SMILES string of the molecule is COCCOc1nc(N)c2nc(OC)n(Cc3ccc(-c4ccc(CN5CCCC5)cc4)cc3F)c2n1. The number of hydrogen-bond acceptors (Lipinski definition) is 8. The van der Waals surface area contributed by atoms with Gasteiger partial charge in [0.15, 0.2) is 17.0 Å². The zero-order chi connectivity index (χ0) is 25.8. The van der Waals surface area contributed by atoms with Crippen molar-refractivity contribution in [2.75, 3.05) is 46.3 Å². The van der Waals surface area contributed by atoms with Gasteiger partial charge < -0.3 is 19.9 Å². The molecule has 4 aromatic rings. The molecule has 9 nitrogen and oxygen atoms in total. The maximum atomic E-state index is 15.3. The molecule has 0 unspecified atom stereocenters. The average molecular weight is 507 g/mol. The Morgan fingerprint density at radius 3 is 2.38 bits per heavy atom. The quantitative estimate of drug-likeness (QED) is 0.323. The molecule has 0 spiro atoms. The summed E-state index contributed by atoms with van der Waals surface area (Å²) in [5.41, 5.74) is 10.4. The van der Waals surface area contributed by atoms with Gasteiger partial charge in [-0.05, 0) is 48.7 Å². The van der Waals surface area contributed by atoms with Crippen molar-refractivity contribution in [1.82, 2.24) is 24.4 Å². The molecule has 2 aromatic heterocycles. The Morgan fingerprint density at radius 1 is 0.919 bits per heavy atom. The lowest BCUT2D eigenvalue weighted by atomic mass is 10.0. The molecule has 1 saturated heterocycles. The van der Waals surface area contributed by atoms with Gasteiger partial charge in [-0.25, -0.2) is 4.39 Å². The van der Waals surface area contributed by atoms with Crippen LogP contribution in [0.2, 0.25) is 0 Å². The molecule has 1 fully saturated rings. The number of ether oxygens (including phenoxy) is 3. The van der Waals surface area contributed by atoms with E-state index >= 15 is 4.39 Å². The van der Waals surface area contributed by atoms with E-state index in [1.165, 1.54) is 25.5 Å². The van der Waals surface area contributed by atoms with Gasteiger partial charge in [-0.3, -0.25) is 9.47 Å². The maximum Gasteiger partial charge on any atom is 0.320 e. The summed E-state index contributed by atoms with van der Waals surface area (Å²) in [6.07, 6.45) is 2.54. The van der Waals surface area contributed by atoms with Crippen LogP contribution in [0.5, 0.6) is 12.0 Å². The molecule has 194 valence electrons. The fourth-order valence-electron chi connectivity index (χ4n) is 4.59. The topological polar surface area (TPSA) is 101 Å². The molecule has 1 aliphatic heterocycles. The molecule has 2 N–H and O–H groups in total. The van der Waals surface area contributed by atoms with Crippen molar-refractivity contribution in [3.05, 3.63) is 59.4 Å². The molecule has 0 radical (unpaired) electrons. The second-order valence-corrected chi connectivity index (χ2v) is 9.08. The molecular formula is C27H31FN6O3. The summed E-state index contributed by atoms with van der Waals surface area (Å²) in [6.45, 7) is 4.07. The number of anilines is 1. The molecule has 0 aliphatic carbocycles. The molecular weight excluding hydrogens is 475 g/mol. The fourth-order valence-corrected chi connectivity index (χ4v) is 4.59. The minimum absolute atomic E-state index is 0.0925. The van der Waals surface area contributed by atoms with Crippen LogP contribution in [0.25, 0.3) is 22.3 Å². The number of fused-ring (bicyclic) bond motifs is 1. The Morgan fingerprint density at radius 2 is 1.68 bits per heavy atom. The van der Waals surface area contributed by atoms with Gasteiger partial charge in [0.05, 0.1) is 20.3 Å². The van der Waals surface area contributed by atoms with E-state index in [1.54, 1.807) is 23.8 Å². The fraction of sp³-hybridized carbons (Fsp3) is 0.370. The lowest BCUT2D eigenvalue weighted by molar-refractivity contribution is 0.141. The van der Waals surface area contributed by atoms with Gasteiger partial charge >= 0.3 is 6.01 Å². The van der Waals surface area contributed by atoms with E-state index in [0.717, 1.165) is 30.8 Å². The van der Waals surface area contributed by atoms with E-state index in [9.17, 15) is 0 Å². The van der Waals surface area contributed by atoms with Gasteiger partial charge in [0.1, 0.15) is 12.4 Å². The third-order valence-corrected chi connectivity index (χ3v) is 6.54. The van der Waals surface area contributed by atoms with E-state index in [0.29, 0.717) is 23.3 Å². The number of aromatic nitrogens is 4. The lowest BCUT2D eigenvalue weighted by Crippen LogP contribution is -2.18. The van der Waals surface area contributed by atoms with Crippen LogP contribution in [0, 0.1) is 5.82 Å². The first-order valence-corrected chi connectivity index (χ1v) is 12.4. The van der Waals surface area contributed by atoms with Gasteiger partial charge in [0.25, 0.3) is 6.01 Å². The number of hydrogen-bond donors (Lipinski definition) is 1. The van der Waals surface area contributed by atoms with E-state index < -0.39 is 0 Å². The highest BCUT2D eigenvalue weighted by Crippen LogP contribution is 2.28. The summed E-state index contributed by atoms with van der Waals surface area (Å²) in [7, 11) is 3.07. The van der Waals surface area contributed by atoms with E-state index in [-0.39, 0.29) is 36.8 Å². The Bertz CT molecular complexity index is 1370. The summed E-state index contributed by atoms with van der Waals surface area (Å²) in [6, 6.07) is 13.9. The Kier molecular flexibility index (Phi) is 7.47. The second kappa shape index (κ2) is 11.1. The minimum atomic E-state index is -0.332. The molecule has 1 aliphatic rings. The zero-order valence-electron chi connectivity index (χ0n) is 21.1. The van der Waals surface area contributed by atoms with Crippen molar-refractivity contribution in [2.24, 2.45) is 0 Å². The number of nitrogens with two attached hydrogens (primary N) is 1. The third kappa shape index (κ3) is 5.50. The van der Waals surface area contributed by atoms with Crippen LogP contribution in [0.4, 0.5) is 10.2 Å². The van der Waals surface area contributed by atoms with E-state index in [4.69, 9.17) is 19.9 Å². The van der Waals surface area contributed by atoms with E-state index in [2.05, 4.69) is 44.1 Å². The van der Waals surface area contributed by atoms with Crippen molar-refractivity contribution >= 4 is 17.0 Å². The molecule has 10 heteroatoms. The van der Waals surface area contributed by atoms with Crippen LogP contribution < -0.4 is 15.2 Å². The van der Waals surface area contributed by atoms with Crippen LogP contribution in [-0.2, 0) is 17.8 Å². The van der Waals surface area contributed by atoms with Crippen LogP contribution in [0.3, 0.4) is 0 Å². The average Bonchev–Trinajstić information content (AvgIpc) is 3.54. The number of likely N-dealkylation sites (tertiary alicyclic amines) is 1. The number of halogens is 1. The lowest BCUT2D eigenvalue weighted by Gasteiger charge is -2.15. The zero-order valence-corrected chi connectivity index (χ0v) is 21.1. The maximum absolute atomic E-state index is 15.3. The molecule has 3 heterocycles. The summed E-state index contributed by atoms with van der Waals surface area (Å²) >= 11 is 0. The van der Waals surface area contributed by atoms with Crippen molar-refractivity contribution in [3.8, 4) is 23.1 Å². The van der Waals surface area contributed by atoms with Crippen LogP contribution in [-0.4, -0.2) is 64.9 Å². The standard InChI is InChI=1S/C27H31FN6O3/c1-35-13-14-37-26-31-24(29)23-25(32-26)34(27(30-23)36-2)17-21-10-9-20(15-22(21)28)19-7-5-18(6-8-19)16-33-11-3-4-12-33/h5-10,15H,3-4,11-14,16-17H2,1-2H3,(H2,29,31,32). The number of methoxy groups -OCH3 is 2. The van der Waals surface area contributed by atoms with Crippen LogP contribution in [0.15, 0.2) is 42.5 Å². The molecule has 0 bridgehead atoms. The Balaban J connectivity index is 1.38. The first kappa shape index (κ1) is 24.9. The number of benzene rings is 2. The van der Waals surface area contributed by atoms with E-state index in [1.807, 2.05) is 6.07 Å². The largest absolute Gasteiger partial charge is 0.468 e. The highest BCUT2D eigenvalue weighted by Gasteiger charge is 2.19. The Hall–Kier alpha value is -3.76. The van der Waals surface area contributed by atoms with Gasteiger partial charge in [-0.15, -0.1) is 0 Å². The first-order valence-electron chi connectivity index (χ1n) is 12.4. The highest BCUT2D eigenvalue weighted by molar-refractivity contribution is 5.83. The van der Waals surface area contributed by atoms with Crippen molar-refractivity contribution in [2.45, 2.75) is 25.9 Å². The number of nitrogen functional groups attached to an aromatic ring is 1. The molecule has 2 aromatic carbocycles. The third-order valence-electron chi connectivity index (χ3n) is 6.54. The molecule has 0 amide bonds. The summed E-state index contributed by atoms with van der Waals surface area (Å²) in [5.74, 6) is -0.181. The summed E-state index contributed by atoms with van der Waals surface area (Å²) in [5, 5.41) is 0. The number of imidazole rings is 1. The molecule has 0 saturated carbocycles. The van der Waals surface area contributed by atoms with Gasteiger partial charge in [0.2, 0.25) is 0 Å².